The maximum atomic E-state index is 11.6. The number of carbonyl (C=O) groups excluding carboxylic acids is 1. The highest BCUT2D eigenvalue weighted by Gasteiger charge is 2.19. The Balaban J connectivity index is 3.33. The van der Waals surface area contributed by atoms with E-state index >= 15 is 0 Å². The molecule has 0 aliphatic heterocycles. The summed E-state index contributed by atoms with van der Waals surface area (Å²) < 4.78 is 4.84. The monoisotopic (exact) mass is 238 g/mol. The first-order valence-electron chi connectivity index (χ1n) is 4.74. The largest absolute Gasteiger partial charge is 0.462 e. The van der Waals surface area contributed by atoms with Gasteiger partial charge in [0.1, 0.15) is 6.07 Å². The number of nitrogens with zero attached hydrogens (tertiary/aromatic N) is 1. The van der Waals surface area contributed by atoms with Crippen molar-refractivity contribution in [3.8, 4) is 6.07 Å². The minimum atomic E-state index is -0.598. The van der Waals surface area contributed by atoms with Crippen molar-refractivity contribution in [2.75, 3.05) is 6.61 Å². The Bertz CT molecular complexity index is 452. The molecule has 4 nitrogen and oxygen atoms in total. The van der Waals surface area contributed by atoms with Gasteiger partial charge in [0.05, 0.1) is 22.8 Å². The average Bonchev–Trinajstić information content (AvgIpc) is 2.28. The van der Waals surface area contributed by atoms with E-state index in [1.165, 1.54) is 6.07 Å². The molecule has 0 aromatic heterocycles. The van der Waals surface area contributed by atoms with Crippen molar-refractivity contribution in [3.05, 3.63) is 33.8 Å². The van der Waals surface area contributed by atoms with Crippen LogP contribution in [0.2, 0.25) is 5.02 Å². The Kier molecular flexibility index (Phi) is 4.29. The highest BCUT2D eigenvalue weighted by molar-refractivity contribution is 6.34. The normalized spacial score (nSPS) is 9.62. The molecule has 1 aromatic rings. The van der Waals surface area contributed by atoms with Crippen LogP contribution in [0.25, 0.3) is 0 Å². The van der Waals surface area contributed by atoms with Crippen LogP contribution in [0.3, 0.4) is 0 Å². The Morgan fingerprint density at radius 2 is 2.31 bits per heavy atom. The molecule has 84 valence electrons. The van der Waals surface area contributed by atoms with E-state index in [0.717, 1.165) is 0 Å². The lowest BCUT2D eigenvalue weighted by atomic mass is 10.0. The zero-order valence-corrected chi connectivity index (χ0v) is 9.54. The number of halogens is 1. The quantitative estimate of drug-likeness (QED) is 0.816. The number of hydrogen-bond acceptors (Lipinski definition) is 4. The number of carbonyl (C=O) groups is 1. The first-order chi connectivity index (χ1) is 7.65. The molecular formula is C11H11ClN2O2. The summed E-state index contributed by atoms with van der Waals surface area (Å²) in [5.41, 5.74) is 6.37. The zero-order chi connectivity index (χ0) is 12.1. The molecule has 0 aliphatic rings. The molecule has 0 saturated heterocycles. The summed E-state index contributed by atoms with van der Waals surface area (Å²) >= 11 is 5.99. The first-order valence-corrected chi connectivity index (χ1v) is 5.12. The highest BCUT2D eigenvalue weighted by Crippen LogP contribution is 2.25. The van der Waals surface area contributed by atoms with Crippen LogP contribution in [0, 0.1) is 11.3 Å². The fourth-order valence-electron chi connectivity index (χ4n) is 1.27. The van der Waals surface area contributed by atoms with Gasteiger partial charge >= 0.3 is 5.97 Å². The molecule has 0 fully saturated rings. The summed E-state index contributed by atoms with van der Waals surface area (Å²) in [4.78, 5) is 11.6. The average molecular weight is 239 g/mol. The number of esters is 1. The van der Waals surface area contributed by atoms with E-state index in [1.807, 2.05) is 6.07 Å². The number of benzene rings is 1. The highest BCUT2D eigenvalue weighted by atomic mass is 35.5. The van der Waals surface area contributed by atoms with Crippen molar-refractivity contribution >= 4 is 17.6 Å². The summed E-state index contributed by atoms with van der Waals surface area (Å²) in [5, 5.41) is 9.07. The summed E-state index contributed by atoms with van der Waals surface area (Å²) in [5.74, 6) is -0.598. The van der Waals surface area contributed by atoms with Gasteiger partial charge in [-0.2, -0.15) is 5.26 Å². The van der Waals surface area contributed by atoms with Crippen LogP contribution in [-0.2, 0) is 11.3 Å². The molecule has 1 aromatic carbocycles. The Labute approximate surface area is 98.6 Å². The van der Waals surface area contributed by atoms with Crippen molar-refractivity contribution in [2.24, 2.45) is 5.73 Å². The number of nitriles is 1. The third-order valence-electron chi connectivity index (χ3n) is 2.04. The van der Waals surface area contributed by atoms with Gasteiger partial charge in [-0.15, -0.1) is 0 Å². The fourth-order valence-corrected chi connectivity index (χ4v) is 1.59. The van der Waals surface area contributed by atoms with Gasteiger partial charge in [0, 0.05) is 6.54 Å². The predicted molar refractivity (Wildman–Crippen MR) is 60.0 cm³/mol. The molecule has 0 unspecified atom stereocenters. The Morgan fingerprint density at radius 3 is 2.81 bits per heavy atom. The molecule has 0 aliphatic carbocycles. The topological polar surface area (TPSA) is 76.1 Å². The van der Waals surface area contributed by atoms with E-state index in [4.69, 9.17) is 27.3 Å². The Hall–Kier alpha value is -1.57. The van der Waals surface area contributed by atoms with Crippen molar-refractivity contribution in [1.29, 1.82) is 5.26 Å². The minimum Gasteiger partial charge on any atom is -0.462 e. The van der Waals surface area contributed by atoms with Crippen LogP contribution in [0.4, 0.5) is 0 Å². The van der Waals surface area contributed by atoms with E-state index in [1.54, 1.807) is 13.0 Å². The van der Waals surface area contributed by atoms with E-state index in [2.05, 4.69) is 0 Å². The molecule has 0 amide bonds. The molecule has 0 atom stereocenters. The first kappa shape index (κ1) is 12.5. The van der Waals surface area contributed by atoms with Gasteiger partial charge in [-0.05, 0) is 18.6 Å². The maximum Gasteiger partial charge on any atom is 0.341 e. The summed E-state index contributed by atoms with van der Waals surface area (Å²) in [6, 6.07) is 5.04. The van der Waals surface area contributed by atoms with Gasteiger partial charge in [0.2, 0.25) is 0 Å². The molecular weight excluding hydrogens is 228 g/mol. The lowest BCUT2D eigenvalue weighted by Crippen LogP contribution is -2.10. The number of ether oxygens (including phenoxy) is 1. The smallest absolute Gasteiger partial charge is 0.341 e. The second kappa shape index (κ2) is 5.50. The molecule has 0 heterocycles. The van der Waals surface area contributed by atoms with Crippen LogP contribution in [-0.4, -0.2) is 12.6 Å². The van der Waals surface area contributed by atoms with Gasteiger partial charge in [0.15, 0.2) is 0 Å². The lowest BCUT2D eigenvalue weighted by molar-refractivity contribution is 0.0526. The molecule has 1 rings (SSSR count). The minimum absolute atomic E-state index is 0.0916. The van der Waals surface area contributed by atoms with Crippen molar-refractivity contribution < 1.29 is 9.53 Å². The predicted octanol–water partition coefficient (Wildman–Crippen LogP) is 1.85. The standard InChI is InChI=1S/C11H11ClN2O2/c1-2-16-11(15)9-7(5-13)3-4-8(6-14)10(9)12/h3-4H,2,6,14H2,1H3. The number of rotatable bonds is 3. The van der Waals surface area contributed by atoms with Crippen molar-refractivity contribution in [3.63, 3.8) is 0 Å². The SMILES string of the molecule is CCOC(=O)c1c(C#N)ccc(CN)c1Cl. The lowest BCUT2D eigenvalue weighted by Gasteiger charge is -2.09. The van der Waals surface area contributed by atoms with Crippen LogP contribution >= 0.6 is 11.6 Å². The molecule has 0 spiro atoms. The fraction of sp³-hybridized carbons (Fsp3) is 0.273. The molecule has 16 heavy (non-hydrogen) atoms. The number of nitrogens with two attached hydrogens (primary N) is 1. The van der Waals surface area contributed by atoms with Crippen molar-refractivity contribution in [2.45, 2.75) is 13.5 Å². The van der Waals surface area contributed by atoms with Crippen LogP contribution in [0.15, 0.2) is 12.1 Å². The molecule has 5 heteroatoms. The maximum absolute atomic E-state index is 11.6. The van der Waals surface area contributed by atoms with E-state index in [-0.39, 0.29) is 29.3 Å². The van der Waals surface area contributed by atoms with Crippen LogP contribution in [0.1, 0.15) is 28.4 Å². The molecule has 0 radical (unpaired) electrons. The Morgan fingerprint density at radius 1 is 1.62 bits per heavy atom. The van der Waals surface area contributed by atoms with Gasteiger partial charge in [-0.3, -0.25) is 0 Å². The third kappa shape index (κ3) is 2.32. The van der Waals surface area contributed by atoms with E-state index in [9.17, 15) is 4.79 Å². The van der Waals surface area contributed by atoms with Gasteiger partial charge in [0.25, 0.3) is 0 Å². The second-order valence-electron chi connectivity index (χ2n) is 3.00. The number of hydrogen-bond donors (Lipinski definition) is 1. The van der Waals surface area contributed by atoms with E-state index < -0.39 is 5.97 Å². The zero-order valence-electron chi connectivity index (χ0n) is 8.79. The summed E-state index contributed by atoms with van der Waals surface area (Å²) in [7, 11) is 0. The third-order valence-corrected chi connectivity index (χ3v) is 2.47. The summed E-state index contributed by atoms with van der Waals surface area (Å²) in [6.45, 7) is 2.12. The molecule has 0 saturated carbocycles. The van der Waals surface area contributed by atoms with Crippen molar-refractivity contribution in [1.82, 2.24) is 0 Å². The second-order valence-corrected chi connectivity index (χ2v) is 3.38. The summed E-state index contributed by atoms with van der Waals surface area (Å²) in [6.07, 6.45) is 0. The van der Waals surface area contributed by atoms with E-state index in [0.29, 0.717) is 5.56 Å². The van der Waals surface area contributed by atoms with Crippen LogP contribution in [0.5, 0.6) is 0 Å². The van der Waals surface area contributed by atoms with Gasteiger partial charge < -0.3 is 10.5 Å². The van der Waals surface area contributed by atoms with Crippen LogP contribution < -0.4 is 5.73 Å². The van der Waals surface area contributed by atoms with Gasteiger partial charge in [-0.25, -0.2) is 4.79 Å². The molecule has 0 bridgehead atoms. The van der Waals surface area contributed by atoms with Gasteiger partial charge in [-0.1, -0.05) is 17.7 Å². The molecule has 2 N–H and O–H groups in total.